The number of nitrogens with one attached hydrogen (secondary N) is 1. The third kappa shape index (κ3) is 3.21. The van der Waals surface area contributed by atoms with Gasteiger partial charge in [-0.25, -0.2) is 0 Å². The van der Waals surface area contributed by atoms with Gasteiger partial charge in [0.05, 0.1) is 18.6 Å². The molecule has 1 aromatic rings. The molecule has 0 bridgehead atoms. The summed E-state index contributed by atoms with van der Waals surface area (Å²) in [6.07, 6.45) is 5.09. The minimum absolute atomic E-state index is 0.0230. The van der Waals surface area contributed by atoms with Crippen molar-refractivity contribution in [3.63, 3.8) is 0 Å². The lowest BCUT2D eigenvalue weighted by molar-refractivity contribution is -0.125. The SMILES string of the molecule is CC(O)c1ccc(C2(CNC(=O)C3CCOC3)CCCC2)s1. The third-order valence-corrected chi connectivity index (χ3v) is 6.53. The summed E-state index contributed by atoms with van der Waals surface area (Å²) in [5, 5.41) is 12.9. The van der Waals surface area contributed by atoms with Crippen molar-refractivity contribution in [2.75, 3.05) is 19.8 Å². The molecule has 1 saturated carbocycles. The maximum Gasteiger partial charge on any atom is 0.225 e. The van der Waals surface area contributed by atoms with Crippen molar-refractivity contribution in [1.29, 1.82) is 0 Å². The van der Waals surface area contributed by atoms with Crippen molar-refractivity contribution in [2.24, 2.45) is 5.92 Å². The van der Waals surface area contributed by atoms with Crippen LogP contribution in [0.4, 0.5) is 0 Å². The fourth-order valence-electron chi connectivity index (χ4n) is 3.57. The summed E-state index contributed by atoms with van der Waals surface area (Å²) in [6.45, 7) is 3.77. The molecule has 2 unspecified atom stereocenters. The monoisotopic (exact) mass is 323 g/mol. The first-order valence-electron chi connectivity index (χ1n) is 8.24. The molecule has 1 saturated heterocycles. The van der Waals surface area contributed by atoms with Gasteiger partial charge in [-0.15, -0.1) is 11.3 Å². The summed E-state index contributed by atoms with van der Waals surface area (Å²) < 4.78 is 5.30. The van der Waals surface area contributed by atoms with Gasteiger partial charge in [-0.05, 0) is 38.3 Å². The van der Waals surface area contributed by atoms with Crippen LogP contribution >= 0.6 is 11.3 Å². The average molecular weight is 323 g/mol. The molecule has 0 radical (unpaired) electrons. The molecule has 122 valence electrons. The van der Waals surface area contributed by atoms with Gasteiger partial charge in [0, 0.05) is 28.3 Å². The highest BCUT2D eigenvalue weighted by atomic mass is 32.1. The number of hydrogen-bond acceptors (Lipinski definition) is 4. The van der Waals surface area contributed by atoms with E-state index in [0.29, 0.717) is 19.8 Å². The van der Waals surface area contributed by atoms with Crippen LogP contribution in [0.15, 0.2) is 12.1 Å². The molecule has 2 aliphatic rings. The molecule has 1 aliphatic heterocycles. The van der Waals surface area contributed by atoms with Crippen LogP contribution in [-0.2, 0) is 14.9 Å². The Morgan fingerprint density at radius 2 is 2.27 bits per heavy atom. The van der Waals surface area contributed by atoms with Gasteiger partial charge >= 0.3 is 0 Å². The van der Waals surface area contributed by atoms with E-state index in [2.05, 4.69) is 11.4 Å². The quantitative estimate of drug-likeness (QED) is 0.876. The molecule has 0 spiro atoms. The molecule has 2 atom stereocenters. The fourth-order valence-corrected chi connectivity index (χ4v) is 4.76. The first-order valence-corrected chi connectivity index (χ1v) is 9.06. The van der Waals surface area contributed by atoms with Crippen LogP contribution in [0.5, 0.6) is 0 Å². The molecule has 22 heavy (non-hydrogen) atoms. The maximum atomic E-state index is 12.3. The summed E-state index contributed by atoms with van der Waals surface area (Å²) in [5.41, 5.74) is 0.0624. The number of thiophene rings is 1. The van der Waals surface area contributed by atoms with Gasteiger partial charge in [-0.2, -0.15) is 0 Å². The van der Waals surface area contributed by atoms with Crippen LogP contribution in [0.2, 0.25) is 0 Å². The molecule has 5 heteroatoms. The van der Waals surface area contributed by atoms with Gasteiger partial charge in [-0.3, -0.25) is 4.79 Å². The van der Waals surface area contributed by atoms with Crippen molar-refractivity contribution in [2.45, 2.75) is 50.5 Å². The Morgan fingerprint density at radius 1 is 1.50 bits per heavy atom. The fraction of sp³-hybridized carbons (Fsp3) is 0.706. The smallest absolute Gasteiger partial charge is 0.225 e. The molecule has 2 N–H and O–H groups in total. The first kappa shape index (κ1) is 16.0. The van der Waals surface area contributed by atoms with Crippen molar-refractivity contribution in [3.05, 3.63) is 21.9 Å². The highest BCUT2D eigenvalue weighted by Crippen LogP contribution is 2.44. The van der Waals surface area contributed by atoms with Gasteiger partial charge in [0.2, 0.25) is 5.91 Å². The van der Waals surface area contributed by atoms with E-state index >= 15 is 0 Å². The van der Waals surface area contributed by atoms with Crippen LogP contribution in [0.3, 0.4) is 0 Å². The molecule has 2 fully saturated rings. The number of rotatable bonds is 5. The molecular formula is C17H25NO3S. The first-order chi connectivity index (χ1) is 10.6. The van der Waals surface area contributed by atoms with Crippen LogP contribution in [0.25, 0.3) is 0 Å². The Labute approximate surface area is 135 Å². The molecular weight excluding hydrogens is 298 g/mol. The maximum absolute atomic E-state index is 12.3. The van der Waals surface area contributed by atoms with E-state index in [1.807, 2.05) is 6.07 Å². The predicted octanol–water partition coefficient (Wildman–Crippen LogP) is 2.77. The van der Waals surface area contributed by atoms with E-state index in [1.54, 1.807) is 18.3 Å². The zero-order valence-corrected chi connectivity index (χ0v) is 14.0. The number of carbonyl (C=O) groups is 1. The van der Waals surface area contributed by atoms with E-state index < -0.39 is 6.10 Å². The molecule has 1 aromatic heterocycles. The van der Waals surface area contributed by atoms with Crippen molar-refractivity contribution >= 4 is 17.2 Å². The Morgan fingerprint density at radius 3 is 2.86 bits per heavy atom. The standard InChI is InChI=1S/C17H25NO3S/c1-12(19)14-4-5-15(22-14)17(7-2-3-8-17)11-18-16(20)13-6-9-21-10-13/h4-5,12-13,19H,2-3,6-11H2,1H3,(H,18,20). The second-order valence-electron chi connectivity index (χ2n) is 6.64. The van der Waals surface area contributed by atoms with Crippen molar-refractivity contribution in [3.8, 4) is 0 Å². The number of carbonyl (C=O) groups excluding carboxylic acids is 1. The summed E-state index contributed by atoms with van der Waals surface area (Å²) in [4.78, 5) is 14.6. The predicted molar refractivity (Wildman–Crippen MR) is 87.0 cm³/mol. The molecule has 0 aromatic carbocycles. The Bertz CT molecular complexity index is 514. The highest BCUT2D eigenvalue weighted by molar-refractivity contribution is 7.12. The number of ether oxygens (including phenoxy) is 1. The zero-order valence-electron chi connectivity index (χ0n) is 13.1. The van der Waals surface area contributed by atoms with Crippen LogP contribution in [0.1, 0.15) is 54.9 Å². The minimum atomic E-state index is -0.414. The number of hydrogen-bond donors (Lipinski definition) is 2. The summed E-state index contributed by atoms with van der Waals surface area (Å²) >= 11 is 1.70. The van der Waals surface area contributed by atoms with E-state index in [-0.39, 0.29) is 17.2 Å². The highest BCUT2D eigenvalue weighted by Gasteiger charge is 2.38. The van der Waals surface area contributed by atoms with Gasteiger partial charge in [0.1, 0.15) is 0 Å². The van der Waals surface area contributed by atoms with E-state index in [1.165, 1.54) is 17.7 Å². The summed E-state index contributed by atoms with van der Waals surface area (Å²) in [7, 11) is 0. The van der Waals surface area contributed by atoms with E-state index in [9.17, 15) is 9.90 Å². The van der Waals surface area contributed by atoms with E-state index in [4.69, 9.17) is 4.74 Å². The van der Waals surface area contributed by atoms with Gasteiger partial charge in [0.15, 0.2) is 0 Å². The summed E-state index contributed by atoms with van der Waals surface area (Å²) in [5.74, 6) is 0.158. The average Bonchev–Trinajstić information content (AvgIpc) is 3.24. The molecule has 2 heterocycles. The lowest BCUT2D eigenvalue weighted by atomic mass is 9.84. The second-order valence-corrected chi connectivity index (χ2v) is 7.76. The zero-order chi connectivity index (χ0) is 15.6. The van der Waals surface area contributed by atoms with Crippen molar-refractivity contribution < 1.29 is 14.6 Å². The lowest BCUT2D eigenvalue weighted by Crippen LogP contribution is -2.41. The Hall–Kier alpha value is -0.910. The van der Waals surface area contributed by atoms with Gasteiger partial charge in [0.25, 0.3) is 0 Å². The van der Waals surface area contributed by atoms with Crippen LogP contribution in [0, 0.1) is 5.92 Å². The number of aliphatic hydroxyl groups is 1. The van der Waals surface area contributed by atoms with Gasteiger partial charge < -0.3 is 15.2 Å². The molecule has 4 nitrogen and oxygen atoms in total. The Balaban J connectivity index is 1.69. The second kappa shape index (κ2) is 6.69. The molecule has 1 amide bonds. The third-order valence-electron chi connectivity index (χ3n) is 5.02. The van der Waals surface area contributed by atoms with Gasteiger partial charge in [-0.1, -0.05) is 12.8 Å². The van der Waals surface area contributed by atoms with Crippen LogP contribution in [-0.4, -0.2) is 30.8 Å². The normalized spacial score (nSPS) is 25.3. The molecule has 3 rings (SSSR count). The van der Waals surface area contributed by atoms with Crippen molar-refractivity contribution in [1.82, 2.24) is 5.32 Å². The molecule has 1 aliphatic carbocycles. The topological polar surface area (TPSA) is 58.6 Å². The number of aliphatic hydroxyl groups excluding tert-OH is 1. The summed E-state index contributed by atoms with van der Waals surface area (Å²) in [6, 6.07) is 4.17. The Kier molecular flexibility index (Phi) is 4.85. The number of amides is 1. The largest absolute Gasteiger partial charge is 0.388 e. The minimum Gasteiger partial charge on any atom is -0.388 e. The lowest BCUT2D eigenvalue weighted by Gasteiger charge is -2.29. The van der Waals surface area contributed by atoms with Crippen LogP contribution < -0.4 is 5.32 Å². The van der Waals surface area contributed by atoms with E-state index in [0.717, 1.165) is 24.1 Å².